The Bertz CT molecular complexity index is 317. The smallest absolute Gasteiger partial charge is 0.160 e. The van der Waals surface area contributed by atoms with Crippen LogP contribution in [0.1, 0.15) is 22.2 Å². The largest absolute Gasteiger partial charge is 0.380 e. The number of hydrogen-bond acceptors (Lipinski definition) is 4. The van der Waals surface area contributed by atoms with Crippen molar-refractivity contribution in [1.82, 2.24) is 0 Å². The van der Waals surface area contributed by atoms with Crippen LogP contribution in [-0.4, -0.2) is 19.0 Å². The van der Waals surface area contributed by atoms with Gasteiger partial charge in [-0.15, -0.1) is 11.3 Å². The first-order chi connectivity index (χ1) is 5.69. The van der Waals surface area contributed by atoms with Crippen molar-refractivity contribution >= 4 is 28.3 Å². The van der Waals surface area contributed by atoms with Crippen LogP contribution in [0.25, 0.3) is 0 Å². The van der Waals surface area contributed by atoms with Crippen molar-refractivity contribution in [1.29, 1.82) is 5.41 Å². The van der Waals surface area contributed by atoms with Crippen LogP contribution in [0.3, 0.4) is 0 Å². The second kappa shape index (κ2) is 3.49. The van der Waals surface area contributed by atoms with E-state index in [0.717, 1.165) is 16.9 Å². The van der Waals surface area contributed by atoms with Gasteiger partial charge in [0.15, 0.2) is 6.29 Å². The highest BCUT2D eigenvalue weighted by Gasteiger charge is 2.08. The minimum absolute atomic E-state index is 0.426. The summed E-state index contributed by atoms with van der Waals surface area (Å²) in [5, 5.41) is 11.2. The van der Waals surface area contributed by atoms with E-state index in [4.69, 9.17) is 5.41 Å². The summed E-state index contributed by atoms with van der Waals surface area (Å²) < 4.78 is 0. The summed E-state index contributed by atoms with van der Waals surface area (Å²) in [5.41, 5.74) is 1.15. The van der Waals surface area contributed by atoms with Gasteiger partial charge in [0.2, 0.25) is 0 Å². The highest BCUT2D eigenvalue weighted by atomic mass is 32.1. The highest BCUT2D eigenvalue weighted by molar-refractivity contribution is 7.18. The van der Waals surface area contributed by atoms with Crippen molar-refractivity contribution in [2.75, 3.05) is 12.4 Å². The molecule has 0 bridgehead atoms. The van der Waals surface area contributed by atoms with Gasteiger partial charge in [-0.2, -0.15) is 0 Å². The zero-order chi connectivity index (χ0) is 9.14. The Morgan fingerprint density at radius 3 is 2.75 bits per heavy atom. The molecular formula is C8H10N2OS. The molecule has 1 aromatic rings. The quantitative estimate of drug-likeness (QED) is 0.555. The summed E-state index contributed by atoms with van der Waals surface area (Å²) in [4.78, 5) is 11.2. The third-order valence-electron chi connectivity index (χ3n) is 1.52. The molecule has 12 heavy (non-hydrogen) atoms. The molecule has 0 aliphatic rings. The van der Waals surface area contributed by atoms with Crippen LogP contribution in [0.5, 0.6) is 0 Å². The molecule has 1 rings (SSSR count). The Hall–Kier alpha value is -1.16. The fourth-order valence-corrected chi connectivity index (χ4v) is 1.79. The summed E-state index contributed by atoms with van der Waals surface area (Å²) in [6.07, 6.45) is 0.791. The summed E-state index contributed by atoms with van der Waals surface area (Å²) in [7, 11) is 1.80. The SMILES string of the molecule is CNc1cc(C(C)=N)c(C=O)s1. The van der Waals surface area contributed by atoms with Crippen LogP contribution >= 0.6 is 11.3 Å². The lowest BCUT2D eigenvalue weighted by Gasteiger charge is -1.91. The molecule has 64 valence electrons. The van der Waals surface area contributed by atoms with Crippen LogP contribution < -0.4 is 5.32 Å². The number of anilines is 1. The van der Waals surface area contributed by atoms with E-state index >= 15 is 0 Å². The van der Waals surface area contributed by atoms with E-state index in [1.807, 2.05) is 6.07 Å². The lowest BCUT2D eigenvalue weighted by atomic mass is 10.2. The van der Waals surface area contributed by atoms with Crippen LogP contribution in [0.15, 0.2) is 6.07 Å². The van der Waals surface area contributed by atoms with Gasteiger partial charge in [0.25, 0.3) is 0 Å². The molecule has 0 amide bonds. The van der Waals surface area contributed by atoms with Crippen molar-refractivity contribution in [3.05, 3.63) is 16.5 Å². The molecule has 0 aromatic carbocycles. The van der Waals surface area contributed by atoms with Gasteiger partial charge in [0.1, 0.15) is 0 Å². The van der Waals surface area contributed by atoms with Gasteiger partial charge in [-0.3, -0.25) is 4.79 Å². The second-order valence-corrected chi connectivity index (χ2v) is 3.47. The predicted molar refractivity (Wildman–Crippen MR) is 51.8 cm³/mol. The van der Waals surface area contributed by atoms with Crippen molar-refractivity contribution in [3.8, 4) is 0 Å². The van der Waals surface area contributed by atoms with Gasteiger partial charge < -0.3 is 10.7 Å². The van der Waals surface area contributed by atoms with Crippen LogP contribution in [0.4, 0.5) is 5.00 Å². The Kier molecular flexibility index (Phi) is 2.60. The van der Waals surface area contributed by atoms with E-state index in [0.29, 0.717) is 10.6 Å². The Morgan fingerprint density at radius 1 is 1.75 bits per heavy atom. The number of carbonyl (C=O) groups excluding carboxylic acids is 1. The van der Waals surface area contributed by atoms with Crippen molar-refractivity contribution < 1.29 is 4.79 Å². The van der Waals surface area contributed by atoms with E-state index in [9.17, 15) is 4.79 Å². The van der Waals surface area contributed by atoms with Gasteiger partial charge in [-0.1, -0.05) is 0 Å². The molecule has 0 spiro atoms. The first-order valence-electron chi connectivity index (χ1n) is 3.51. The van der Waals surface area contributed by atoms with Crippen LogP contribution in [0, 0.1) is 5.41 Å². The fourth-order valence-electron chi connectivity index (χ4n) is 0.909. The van der Waals surface area contributed by atoms with E-state index in [-0.39, 0.29) is 0 Å². The number of nitrogens with one attached hydrogen (secondary N) is 2. The molecule has 0 saturated heterocycles. The molecule has 4 heteroatoms. The number of aldehydes is 1. The third kappa shape index (κ3) is 1.53. The van der Waals surface area contributed by atoms with Crippen molar-refractivity contribution in [2.24, 2.45) is 0 Å². The molecule has 0 radical (unpaired) electrons. The first kappa shape index (κ1) is 8.93. The van der Waals surface area contributed by atoms with E-state index in [2.05, 4.69) is 5.32 Å². The maximum atomic E-state index is 10.5. The Balaban J connectivity index is 3.16. The Labute approximate surface area is 74.9 Å². The maximum absolute atomic E-state index is 10.5. The zero-order valence-electron chi connectivity index (χ0n) is 6.97. The summed E-state index contributed by atoms with van der Waals surface area (Å²) >= 11 is 1.37. The number of carbonyl (C=O) groups is 1. The topological polar surface area (TPSA) is 53.0 Å². The number of hydrogen-bond donors (Lipinski definition) is 2. The third-order valence-corrected chi connectivity index (χ3v) is 2.60. The zero-order valence-corrected chi connectivity index (χ0v) is 7.79. The van der Waals surface area contributed by atoms with Gasteiger partial charge in [-0.05, 0) is 13.0 Å². The first-order valence-corrected chi connectivity index (χ1v) is 4.33. The Morgan fingerprint density at radius 2 is 2.42 bits per heavy atom. The van der Waals surface area contributed by atoms with E-state index in [1.54, 1.807) is 14.0 Å². The summed E-state index contributed by atoms with van der Waals surface area (Å²) in [6, 6.07) is 1.82. The normalized spacial score (nSPS) is 9.50. The minimum atomic E-state index is 0.426. The maximum Gasteiger partial charge on any atom is 0.160 e. The lowest BCUT2D eigenvalue weighted by molar-refractivity contribution is 0.112. The van der Waals surface area contributed by atoms with Gasteiger partial charge >= 0.3 is 0 Å². The monoisotopic (exact) mass is 182 g/mol. The second-order valence-electron chi connectivity index (χ2n) is 2.38. The molecule has 1 heterocycles. The molecule has 3 nitrogen and oxygen atoms in total. The molecule has 2 N–H and O–H groups in total. The summed E-state index contributed by atoms with van der Waals surface area (Å²) in [5.74, 6) is 0. The molecule has 0 unspecified atom stereocenters. The van der Waals surface area contributed by atoms with Gasteiger partial charge in [0.05, 0.1) is 9.88 Å². The standard InChI is InChI=1S/C8H10N2OS/c1-5(9)6-3-8(10-2)12-7(6)4-11/h3-4,9-10H,1-2H3. The molecular weight excluding hydrogens is 172 g/mol. The molecule has 0 saturated carbocycles. The fraction of sp³-hybridized carbons (Fsp3) is 0.250. The van der Waals surface area contributed by atoms with E-state index < -0.39 is 0 Å². The van der Waals surface area contributed by atoms with Gasteiger partial charge in [-0.25, -0.2) is 0 Å². The van der Waals surface area contributed by atoms with Crippen LogP contribution in [0.2, 0.25) is 0 Å². The molecule has 1 aromatic heterocycles. The average Bonchev–Trinajstić information content (AvgIpc) is 2.47. The molecule has 0 aliphatic carbocycles. The highest BCUT2D eigenvalue weighted by Crippen LogP contribution is 2.25. The van der Waals surface area contributed by atoms with Crippen molar-refractivity contribution in [2.45, 2.75) is 6.92 Å². The summed E-state index contributed by atoms with van der Waals surface area (Å²) in [6.45, 7) is 1.68. The predicted octanol–water partition coefficient (Wildman–Crippen LogP) is 1.99. The lowest BCUT2D eigenvalue weighted by Crippen LogP contribution is -1.92. The molecule has 0 fully saturated rings. The molecule has 0 aliphatic heterocycles. The number of thiophene rings is 1. The van der Waals surface area contributed by atoms with Crippen LogP contribution in [-0.2, 0) is 0 Å². The van der Waals surface area contributed by atoms with Gasteiger partial charge in [0, 0.05) is 18.3 Å². The minimum Gasteiger partial charge on any atom is -0.380 e. The molecule has 0 atom stereocenters. The average molecular weight is 182 g/mol. The van der Waals surface area contributed by atoms with E-state index in [1.165, 1.54) is 11.3 Å². The number of rotatable bonds is 3. The van der Waals surface area contributed by atoms with Crippen molar-refractivity contribution in [3.63, 3.8) is 0 Å².